The number of nitrogens with zero attached hydrogens (tertiary/aromatic N) is 3. The van der Waals surface area contributed by atoms with Gasteiger partial charge in [-0.25, -0.2) is 0 Å². The second kappa shape index (κ2) is 8.69. The fourth-order valence-electron chi connectivity index (χ4n) is 3.46. The third-order valence-corrected chi connectivity index (χ3v) is 6.02. The molecule has 2 aromatic rings. The largest absolute Gasteiger partial charge is 0.325 e. The minimum atomic E-state index is -0.322. The van der Waals surface area contributed by atoms with Crippen molar-refractivity contribution >= 4 is 29.1 Å². The summed E-state index contributed by atoms with van der Waals surface area (Å²) in [6, 6.07) is 7.43. The minimum absolute atomic E-state index is 0.0235. The van der Waals surface area contributed by atoms with Gasteiger partial charge in [-0.15, -0.1) is 10.2 Å². The van der Waals surface area contributed by atoms with Crippen molar-refractivity contribution in [2.45, 2.75) is 69.3 Å². The van der Waals surface area contributed by atoms with Gasteiger partial charge in [0.25, 0.3) is 0 Å². The lowest BCUT2D eigenvalue weighted by Gasteiger charge is -2.25. The molecule has 144 valence electrons. The number of thioether (sulfide) groups is 1. The third-order valence-electron chi connectivity index (χ3n) is 4.96. The minimum Gasteiger partial charge on any atom is -0.325 e. The summed E-state index contributed by atoms with van der Waals surface area (Å²) >= 11 is 1.43. The molecule has 0 radical (unpaired) electrons. The first-order valence-corrected chi connectivity index (χ1v) is 10.3. The molecule has 1 saturated carbocycles. The molecule has 1 heterocycles. The van der Waals surface area contributed by atoms with Crippen LogP contribution in [0.2, 0.25) is 0 Å². The molecule has 1 fully saturated rings. The molecule has 1 aliphatic carbocycles. The van der Waals surface area contributed by atoms with E-state index in [9.17, 15) is 9.59 Å². The highest BCUT2D eigenvalue weighted by Crippen LogP contribution is 2.33. The van der Waals surface area contributed by atoms with Crippen molar-refractivity contribution in [2.75, 3.05) is 5.32 Å². The fourth-order valence-corrected chi connectivity index (χ4v) is 4.43. The highest BCUT2D eigenvalue weighted by Gasteiger charge is 2.24. The summed E-state index contributed by atoms with van der Waals surface area (Å²) in [5, 5.41) is 11.9. The summed E-state index contributed by atoms with van der Waals surface area (Å²) in [6.07, 6.45) is 6.04. The number of carbonyl (C=O) groups is 2. The number of amides is 1. The van der Waals surface area contributed by atoms with Crippen molar-refractivity contribution in [3.63, 3.8) is 0 Å². The number of anilines is 1. The van der Waals surface area contributed by atoms with E-state index in [1.54, 1.807) is 24.3 Å². The molecule has 1 amide bonds. The number of rotatable bonds is 6. The summed E-state index contributed by atoms with van der Waals surface area (Å²) < 4.78 is 2.20. The quantitative estimate of drug-likeness (QED) is 0.588. The van der Waals surface area contributed by atoms with Crippen LogP contribution in [0.5, 0.6) is 0 Å². The van der Waals surface area contributed by atoms with Crippen molar-refractivity contribution in [3.05, 3.63) is 35.7 Å². The van der Waals surface area contributed by atoms with Gasteiger partial charge in [0, 0.05) is 17.3 Å². The van der Waals surface area contributed by atoms with Crippen molar-refractivity contribution in [2.24, 2.45) is 0 Å². The lowest BCUT2D eigenvalue weighted by atomic mass is 9.95. The highest BCUT2D eigenvalue weighted by molar-refractivity contribution is 8.00. The number of aryl methyl sites for hydroxylation is 1. The maximum absolute atomic E-state index is 12.6. The number of hydrogen-bond acceptors (Lipinski definition) is 5. The van der Waals surface area contributed by atoms with Crippen molar-refractivity contribution in [1.82, 2.24) is 14.8 Å². The van der Waals surface area contributed by atoms with Gasteiger partial charge < -0.3 is 9.88 Å². The first-order chi connectivity index (χ1) is 13.0. The standard InChI is InChI=1S/C20H26N4O2S/c1-13(25)16-8-7-9-17(12-16)21-19(26)14(2)27-20-23-22-15(3)24(20)18-10-5-4-6-11-18/h7-9,12,14,18H,4-6,10-11H2,1-3H3,(H,21,26)/t14-/m0/s1. The van der Waals surface area contributed by atoms with Gasteiger partial charge in [-0.1, -0.05) is 43.2 Å². The van der Waals surface area contributed by atoms with Crippen LogP contribution in [0, 0.1) is 6.92 Å². The highest BCUT2D eigenvalue weighted by atomic mass is 32.2. The Morgan fingerprint density at radius 1 is 1.22 bits per heavy atom. The predicted octanol–water partition coefficient (Wildman–Crippen LogP) is 4.41. The molecular formula is C20H26N4O2S. The van der Waals surface area contributed by atoms with E-state index in [-0.39, 0.29) is 16.9 Å². The number of aromatic nitrogens is 3. The average molecular weight is 387 g/mol. The fraction of sp³-hybridized carbons (Fsp3) is 0.500. The lowest BCUT2D eigenvalue weighted by molar-refractivity contribution is -0.115. The van der Waals surface area contributed by atoms with Crippen LogP contribution in [0.3, 0.4) is 0 Å². The Labute approximate surface area is 164 Å². The van der Waals surface area contributed by atoms with Crippen molar-refractivity contribution in [1.29, 1.82) is 0 Å². The van der Waals surface area contributed by atoms with E-state index in [1.165, 1.54) is 37.9 Å². The molecule has 0 spiro atoms. The first-order valence-electron chi connectivity index (χ1n) is 9.45. The number of carbonyl (C=O) groups excluding carboxylic acids is 2. The molecule has 0 unspecified atom stereocenters. The molecule has 27 heavy (non-hydrogen) atoms. The van der Waals surface area contributed by atoms with Crippen molar-refractivity contribution < 1.29 is 9.59 Å². The Kier molecular flexibility index (Phi) is 6.31. The summed E-state index contributed by atoms with van der Waals surface area (Å²) in [5.74, 6) is 0.771. The van der Waals surface area contributed by atoms with Gasteiger partial charge in [-0.2, -0.15) is 0 Å². The van der Waals surface area contributed by atoms with E-state index in [4.69, 9.17) is 0 Å². The lowest BCUT2D eigenvalue weighted by Crippen LogP contribution is -2.23. The zero-order valence-corrected chi connectivity index (χ0v) is 16.9. The molecule has 1 N–H and O–H groups in total. The van der Waals surface area contributed by atoms with Crippen LogP contribution in [0.25, 0.3) is 0 Å². The molecule has 6 nitrogen and oxygen atoms in total. The summed E-state index contributed by atoms with van der Waals surface area (Å²) in [6.45, 7) is 5.35. The van der Waals surface area contributed by atoms with Crippen LogP contribution in [-0.2, 0) is 4.79 Å². The number of ketones is 1. The maximum atomic E-state index is 12.6. The molecule has 1 aromatic carbocycles. The van der Waals surface area contributed by atoms with Gasteiger partial charge in [0.1, 0.15) is 5.82 Å². The zero-order valence-electron chi connectivity index (χ0n) is 16.1. The summed E-state index contributed by atoms with van der Waals surface area (Å²) in [7, 11) is 0. The monoisotopic (exact) mass is 386 g/mol. The van der Waals surface area contributed by atoms with Crippen LogP contribution < -0.4 is 5.32 Å². The van der Waals surface area contributed by atoms with Gasteiger partial charge >= 0.3 is 0 Å². The Bertz CT molecular complexity index is 827. The molecule has 0 saturated heterocycles. The Hall–Kier alpha value is -2.15. The topological polar surface area (TPSA) is 76.9 Å². The Morgan fingerprint density at radius 2 is 1.96 bits per heavy atom. The number of benzene rings is 1. The van der Waals surface area contributed by atoms with Crippen molar-refractivity contribution in [3.8, 4) is 0 Å². The second-order valence-electron chi connectivity index (χ2n) is 7.08. The maximum Gasteiger partial charge on any atom is 0.237 e. The second-order valence-corrected chi connectivity index (χ2v) is 8.39. The Morgan fingerprint density at radius 3 is 2.67 bits per heavy atom. The summed E-state index contributed by atoms with van der Waals surface area (Å²) in [5.41, 5.74) is 1.21. The van der Waals surface area contributed by atoms with Gasteiger partial charge in [0.2, 0.25) is 5.91 Å². The van der Waals surface area contributed by atoms with E-state index in [2.05, 4.69) is 20.1 Å². The number of hydrogen-bond donors (Lipinski definition) is 1. The predicted molar refractivity (Wildman–Crippen MR) is 107 cm³/mol. The molecule has 1 atom stereocenters. The van der Waals surface area contributed by atoms with Gasteiger partial charge in [0.15, 0.2) is 10.9 Å². The van der Waals surface area contributed by atoms with E-state index < -0.39 is 0 Å². The smallest absolute Gasteiger partial charge is 0.237 e. The molecule has 7 heteroatoms. The molecular weight excluding hydrogens is 360 g/mol. The third kappa shape index (κ3) is 4.77. The normalized spacial score (nSPS) is 16.1. The van der Waals surface area contributed by atoms with Crippen LogP contribution in [0.1, 0.15) is 68.2 Å². The van der Waals surface area contributed by atoms with Gasteiger partial charge in [-0.3, -0.25) is 9.59 Å². The van der Waals surface area contributed by atoms with Crippen LogP contribution >= 0.6 is 11.8 Å². The summed E-state index contributed by atoms with van der Waals surface area (Å²) in [4.78, 5) is 24.1. The van der Waals surface area contributed by atoms with E-state index in [0.29, 0.717) is 17.3 Å². The zero-order chi connectivity index (χ0) is 19.4. The molecule has 1 aliphatic rings. The first kappa shape index (κ1) is 19.6. The van der Waals surface area contributed by atoms with Crippen LogP contribution in [-0.4, -0.2) is 31.7 Å². The van der Waals surface area contributed by atoms with Gasteiger partial charge in [-0.05, 0) is 45.7 Å². The Balaban J connectivity index is 1.68. The molecule has 1 aromatic heterocycles. The van der Waals surface area contributed by atoms with Crippen LogP contribution in [0.15, 0.2) is 29.4 Å². The average Bonchev–Trinajstić information content (AvgIpc) is 3.02. The van der Waals surface area contributed by atoms with Gasteiger partial charge in [0.05, 0.1) is 5.25 Å². The van der Waals surface area contributed by atoms with E-state index in [0.717, 1.165) is 23.8 Å². The molecule has 3 rings (SSSR count). The molecule has 0 bridgehead atoms. The molecule has 0 aliphatic heterocycles. The van der Waals surface area contributed by atoms with Crippen LogP contribution in [0.4, 0.5) is 5.69 Å². The number of nitrogens with one attached hydrogen (secondary N) is 1. The SMILES string of the molecule is CC(=O)c1cccc(NC(=O)[C@H](C)Sc2nnc(C)n2C2CCCCC2)c1. The van der Waals surface area contributed by atoms with E-state index in [1.807, 2.05) is 13.8 Å². The van der Waals surface area contributed by atoms with E-state index >= 15 is 0 Å². The number of Topliss-reactive ketones (excluding diaryl/α,β-unsaturated/α-hetero) is 1.